The number of hydrogen-bond donors (Lipinski definition) is 2. The summed E-state index contributed by atoms with van der Waals surface area (Å²) in [5.41, 5.74) is 4.76. The fourth-order valence-corrected chi connectivity index (χ4v) is 2.78. The number of rotatable bonds is 4. The van der Waals surface area contributed by atoms with Crippen LogP contribution < -0.4 is 10.7 Å². The Bertz CT molecular complexity index is 513. The first-order chi connectivity index (χ1) is 10.1. The van der Waals surface area contributed by atoms with Gasteiger partial charge in [-0.2, -0.15) is 5.10 Å². The Balaban J connectivity index is 1.87. The molecule has 0 radical (unpaired) electrons. The Kier molecular flexibility index (Phi) is 6.02. The van der Waals surface area contributed by atoms with Crippen molar-refractivity contribution in [3.8, 4) is 0 Å². The summed E-state index contributed by atoms with van der Waals surface area (Å²) in [6.45, 7) is 4.02. The smallest absolute Gasteiger partial charge is 0.262 e. The van der Waals surface area contributed by atoms with Crippen molar-refractivity contribution in [1.82, 2.24) is 5.43 Å². The molecule has 5 heteroatoms. The van der Waals surface area contributed by atoms with Crippen molar-refractivity contribution in [2.24, 2.45) is 11.0 Å². The zero-order valence-corrected chi connectivity index (χ0v) is 14.7. The largest absolute Gasteiger partial charge is 0.374 e. The molecule has 1 fully saturated rings. The van der Waals surface area contributed by atoms with E-state index in [0.29, 0.717) is 5.92 Å². The number of carbonyl (C=O) groups is 1. The molecule has 1 amide bonds. The molecular weight excluding hydrogens is 377 g/mol. The Hall–Kier alpha value is -1.11. The SMILES string of the molecule is C[C@@H]1CCCC/C1=N\NC(=O)[C@@H](C)Nc1ccc(I)cc1. The van der Waals surface area contributed by atoms with E-state index in [-0.39, 0.29) is 11.9 Å². The molecule has 2 N–H and O–H groups in total. The Morgan fingerprint density at radius 3 is 2.71 bits per heavy atom. The molecule has 114 valence electrons. The standard InChI is InChI=1S/C16H22IN3O/c1-11-5-3-4-6-15(11)19-20-16(21)12(2)18-14-9-7-13(17)8-10-14/h7-12,18H,3-6H2,1-2H3,(H,20,21)/b19-15+/t11-,12-/m1/s1. The predicted octanol–water partition coefficient (Wildman–Crippen LogP) is 3.77. The lowest BCUT2D eigenvalue weighted by Gasteiger charge is -2.20. The second kappa shape index (κ2) is 7.77. The number of carbonyl (C=O) groups excluding carboxylic acids is 1. The maximum absolute atomic E-state index is 12.1. The van der Waals surface area contributed by atoms with Gasteiger partial charge in [-0.05, 0) is 79.0 Å². The Morgan fingerprint density at radius 2 is 2.05 bits per heavy atom. The van der Waals surface area contributed by atoms with E-state index in [1.54, 1.807) is 0 Å². The van der Waals surface area contributed by atoms with Crippen LogP contribution in [0, 0.1) is 9.49 Å². The van der Waals surface area contributed by atoms with Crippen LogP contribution in [-0.2, 0) is 4.79 Å². The minimum absolute atomic E-state index is 0.0983. The molecule has 4 nitrogen and oxygen atoms in total. The van der Waals surface area contributed by atoms with Gasteiger partial charge in [0.25, 0.3) is 5.91 Å². The van der Waals surface area contributed by atoms with Gasteiger partial charge in [-0.25, -0.2) is 5.43 Å². The van der Waals surface area contributed by atoms with Crippen molar-refractivity contribution in [2.45, 2.75) is 45.6 Å². The zero-order valence-electron chi connectivity index (χ0n) is 12.5. The molecule has 0 aromatic heterocycles. The maximum atomic E-state index is 12.1. The van der Waals surface area contributed by atoms with E-state index in [1.807, 2.05) is 31.2 Å². The minimum Gasteiger partial charge on any atom is -0.374 e. The molecule has 1 aromatic rings. The third-order valence-corrected chi connectivity index (χ3v) is 4.54. The van der Waals surface area contributed by atoms with Crippen molar-refractivity contribution in [2.75, 3.05) is 5.32 Å². The first kappa shape index (κ1) is 16.3. The summed E-state index contributed by atoms with van der Waals surface area (Å²) in [6, 6.07) is 7.66. The fourth-order valence-electron chi connectivity index (χ4n) is 2.42. The summed E-state index contributed by atoms with van der Waals surface area (Å²) in [5, 5.41) is 7.50. The van der Waals surface area contributed by atoms with Gasteiger partial charge in [0.1, 0.15) is 6.04 Å². The van der Waals surface area contributed by atoms with Gasteiger partial charge in [0.2, 0.25) is 0 Å². The topological polar surface area (TPSA) is 53.5 Å². The first-order valence-electron chi connectivity index (χ1n) is 7.44. The van der Waals surface area contributed by atoms with Crippen molar-refractivity contribution in [3.63, 3.8) is 0 Å². The van der Waals surface area contributed by atoms with Gasteiger partial charge in [0, 0.05) is 15.0 Å². The second-order valence-corrected chi connectivity index (χ2v) is 6.84. The first-order valence-corrected chi connectivity index (χ1v) is 8.52. The van der Waals surface area contributed by atoms with Gasteiger partial charge < -0.3 is 5.32 Å². The molecule has 21 heavy (non-hydrogen) atoms. The fraction of sp³-hybridized carbons (Fsp3) is 0.500. The number of nitrogens with one attached hydrogen (secondary N) is 2. The van der Waals surface area contributed by atoms with Crippen LogP contribution in [0.2, 0.25) is 0 Å². The molecule has 1 aliphatic carbocycles. The monoisotopic (exact) mass is 399 g/mol. The van der Waals surface area contributed by atoms with Crippen LogP contribution in [0.1, 0.15) is 39.5 Å². The average molecular weight is 399 g/mol. The van der Waals surface area contributed by atoms with Gasteiger partial charge in [-0.15, -0.1) is 0 Å². The van der Waals surface area contributed by atoms with E-state index in [4.69, 9.17) is 0 Å². The highest BCUT2D eigenvalue weighted by Crippen LogP contribution is 2.20. The van der Waals surface area contributed by atoms with Crippen LogP contribution in [-0.4, -0.2) is 17.7 Å². The number of hydrogen-bond acceptors (Lipinski definition) is 3. The summed E-state index contributed by atoms with van der Waals surface area (Å²) in [5.74, 6) is 0.386. The number of nitrogens with zero attached hydrogens (tertiary/aromatic N) is 1. The molecule has 1 aromatic carbocycles. The van der Waals surface area contributed by atoms with Crippen LogP contribution in [0.4, 0.5) is 5.69 Å². The summed E-state index contributed by atoms with van der Waals surface area (Å²) in [7, 11) is 0. The average Bonchev–Trinajstić information content (AvgIpc) is 2.48. The van der Waals surface area contributed by atoms with Crippen LogP contribution in [0.15, 0.2) is 29.4 Å². The number of amides is 1. The molecule has 2 atom stereocenters. The van der Waals surface area contributed by atoms with Gasteiger partial charge in [-0.1, -0.05) is 13.3 Å². The molecule has 1 aliphatic rings. The molecule has 0 bridgehead atoms. The number of benzene rings is 1. The molecule has 0 aliphatic heterocycles. The van der Waals surface area contributed by atoms with Gasteiger partial charge in [0.15, 0.2) is 0 Å². The summed E-state index contributed by atoms with van der Waals surface area (Å²) in [4.78, 5) is 12.1. The van der Waals surface area contributed by atoms with Crippen LogP contribution in [0.25, 0.3) is 0 Å². The highest BCUT2D eigenvalue weighted by Gasteiger charge is 2.17. The van der Waals surface area contributed by atoms with Crippen molar-refractivity contribution >= 4 is 39.9 Å². The molecule has 0 spiro atoms. The van der Waals surface area contributed by atoms with Crippen LogP contribution >= 0.6 is 22.6 Å². The highest BCUT2D eigenvalue weighted by atomic mass is 127. The summed E-state index contributed by atoms with van der Waals surface area (Å²) < 4.78 is 1.17. The Morgan fingerprint density at radius 1 is 1.33 bits per heavy atom. The lowest BCUT2D eigenvalue weighted by atomic mass is 9.89. The van der Waals surface area contributed by atoms with E-state index in [1.165, 1.54) is 22.8 Å². The molecule has 1 saturated carbocycles. The zero-order chi connectivity index (χ0) is 15.2. The molecular formula is C16H22IN3O. The van der Waals surface area contributed by atoms with E-state index >= 15 is 0 Å². The number of halogens is 1. The maximum Gasteiger partial charge on any atom is 0.262 e. The Labute approximate surface area is 139 Å². The van der Waals surface area contributed by atoms with Crippen LogP contribution in [0.3, 0.4) is 0 Å². The molecule has 2 rings (SSSR count). The lowest BCUT2D eigenvalue weighted by molar-refractivity contribution is -0.121. The van der Waals surface area contributed by atoms with Crippen molar-refractivity contribution in [1.29, 1.82) is 0 Å². The molecule has 0 heterocycles. The van der Waals surface area contributed by atoms with E-state index in [9.17, 15) is 4.79 Å². The van der Waals surface area contributed by atoms with Crippen molar-refractivity contribution in [3.05, 3.63) is 27.8 Å². The lowest BCUT2D eigenvalue weighted by Crippen LogP contribution is -2.36. The molecule has 0 saturated heterocycles. The quantitative estimate of drug-likeness (QED) is 0.598. The van der Waals surface area contributed by atoms with E-state index in [2.05, 4.69) is 45.4 Å². The number of hydrazone groups is 1. The third-order valence-electron chi connectivity index (χ3n) is 3.82. The summed E-state index contributed by atoms with van der Waals surface area (Å²) >= 11 is 2.26. The predicted molar refractivity (Wildman–Crippen MR) is 95.5 cm³/mol. The second-order valence-electron chi connectivity index (χ2n) is 5.60. The number of anilines is 1. The van der Waals surface area contributed by atoms with Crippen molar-refractivity contribution < 1.29 is 4.79 Å². The van der Waals surface area contributed by atoms with Crippen LogP contribution in [0.5, 0.6) is 0 Å². The highest BCUT2D eigenvalue weighted by molar-refractivity contribution is 14.1. The van der Waals surface area contributed by atoms with Gasteiger partial charge >= 0.3 is 0 Å². The van der Waals surface area contributed by atoms with E-state index < -0.39 is 0 Å². The normalized spacial score (nSPS) is 21.9. The third kappa shape index (κ3) is 4.98. The molecule has 0 unspecified atom stereocenters. The van der Waals surface area contributed by atoms with Gasteiger partial charge in [0.05, 0.1) is 0 Å². The van der Waals surface area contributed by atoms with Gasteiger partial charge in [-0.3, -0.25) is 4.79 Å². The van der Waals surface area contributed by atoms with E-state index in [0.717, 1.165) is 17.8 Å². The minimum atomic E-state index is -0.312. The summed E-state index contributed by atoms with van der Waals surface area (Å²) in [6.07, 6.45) is 4.61.